The van der Waals surface area contributed by atoms with Crippen LogP contribution in [0.1, 0.15) is 59.8 Å². The van der Waals surface area contributed by atoms with Crippen molar-refractivity contribution in [3.8, 4) is 0 Å². The van der Waals surface area contributed by atoms with Gasteiger partial charge in [0.15, 0.2) is 0 Å². The van der Waals surface area contributed by atoms with Gasteiger partial charge in [0.2, 0.25) is 0 Å². The van der Waals surface area contributed by atoms with Gasteiger partial charge in [-0.05, 0) is 44.6 Å². The lowest BCUT2D eigenvalue weighted by molar-refractivity contribution is 0.532. The van der Waals surface area contributed by atoms with E-state index in [0.717, 1.165) is 25.4 Å². The van der Waals surface area contributed by atoms with E-state index in [1.165, 1.54) is 31.4 Å². The molecule has 0 aliphatic rings. The fourth-order valence-corrected chi connectivity index (χ4v) is 1.72. The zero-order chi connectivity index (χ0) is 13.1. The van der Waals surface area contributed by atoms with Crippen LogP contribution >= 0.6 is 0 Å². The molecule has 17 heavy (non-hydrogen) atoms. The minimum Gasteiger partial charge on any atom is -0.389 e. The summed E-state index contributed by atoms with van der Waals surface area (Å²) in [5.41, 5.74) is 1.21. The van der Waals surface area contributed by atoms with E-state index in [-0.39, 0.29) is 0 Å². The van der Waals surface area contributed by atoms with E-state index in [0.29, 0.717) is 6.04 Å². The second kappa shape index (κ2) is 10.6. The maximum atomic E-state index is 4.07. The first-order valence-electron chi connectivity index (χ1n) is 7.17. The Kier molecular flexibility index (Phi) is 10.3. The molecule has 0 heterocycles. The minimum absolute atomic E-state index is 0.604. The van der Waals surface area contributed by atoms with Crippen LogP contribution in [0.2, 0.25) is 0 Å². The largest absolute Gasteiger partial charge is 0.389 e. The van der Waals surface area contributed by atoms with Gasteiger partial charge in [0, 0.05) is 18.3 Å². The lowest BCUT2D eigenvalue weighted by Crippen LogP contribution is -2.23. The van der Waals surface area contributed by atoms with Gasteiger partial charge in [-0.25, -0.2) is 0 Å². The molecule has 2 nitrogen and oxygen atoms in total. The van der Waals surface area contributed by atoms with E-state index in [1.807, 2.05) is 0 Å². The first-order chi connectivity index (χ1) is 8.02. The molecule has 0 radical (unpaired) electrons. The summed E-state index contributed by atoms with van der Waals surface area (Å²) >= 11 is 0. The van der Waals surface area contributed by atoms with Gasteiger partial charge in [0.05, 0.1) is 0 Å². The van der Waals surface area contributed by atoms with Crippen LogP contribution in [0.25, 0.3) is 0 Å². The summed E-state index contributed by atoms with van der Waals surface area (Å²) in [7, 11) is 0. The maximum absolute atomic E-state index is 4.07. The predicted octanol–water partition coefficient (Wildman–Crippen LogP) is 3.69. The van der Waals surface area contributed by atoms with Crippen molar-refractivity contribution in [2.24, 2.45) is 5.92 Å². The second-order valence-electron chi connectivity index (χ2n) is 5.63. The molecule has 0 bridgehead atoms. The van der Waals surface area contributed by atoms with E-state index < -0.39 is 0 Å². The average Bonchev–Trinajstić information content (AvgIpc) is 2.23. The molecule has 0 aromatic carbocycles. The van der Waals surface area contributed by atoms with Crippen molar-refractivity contribution >= 4 is 0 Å². The van der Waals surface area contributed by atoms with Crippen LogP contribution in [0.4, 0.5) is 0 Å². The Bertz CT molecular complexity index is 185. The molecule has 0 spiro atoms. The van der Waals surface area contributed by atoms with Gasteiger partial charge in [0.1, 0.15) is 0 Å². The fourth-order valence-electron chi connectivity index (χ4n) is 1.72. The Morgan fingerprint density at radius 3 is 2.29 bits per heavy atom. The molecule has 102 valence electrons. The number of rotatable bonds is 11. The van der Waals surface area contributed by atoms with Crippen LogP contribution in [0.15, 0.2) is 12.3 Å². The van der Waals surface area contributed by atoms with Crippen molar-refractivity contribution in [1.29, 1.82) is 0 Å². The van der Waals surface area contributed by atoms with Crippen LogP contribution in [0, 0.1) is 5.92 Å². The summed E-state index contributed by atoms with van der Waals surface area (Å²) in [4.78, 5) is 0. The number of hydrogen-bond acceptors (Lipinski definition) is 2. The molecule has 0 unspecified atom stereocenters. The second-order valence-corrected chi connectivity index (χ2v) is 5.63. The van der Waals surface area contributed by atoms with Gasteiger partial charge >= 0.3 is 0 Å². The molecule has 0 atom stereocenters. The van der Waals surface area contributed by atoms with E-state index in [9.17, 15) is 0 Å². The molecule has 2 heteroatoms. The summed E-state index contributed by atoms with van der Waals surface area (Å²) in [5, 5.41) is 6.86. The van der Waals surface area contributed by atoms with E-state index >= 15 is 0 Å². The van der Waals surface area contributed by atoms with Crippen molar-refractivity contribution in [2.45, 2.75) is 65.8 Å². The summed E-state index contributed by atoms with van der Waals surface area (Å²) in [6, 6.07) is 0.604. The highest BCUT2D eigenvalue weighted by Gasteiger charge is 1.97. The highest BCUT2D eigenvalue weighted by atomic mass is 14.9. The molecule has 2 N–H and O–H groups in total. The van der Waals surface area contributed by atoms with E-state index in [2.05, 4.69) is 44.9 Å². The number of unbranched alkanes of at least 4 members (excludes halogenated alkanes) is 1. The van der Waals surface area contributed by atoms with Crippen molar-refractivity contribution < 1.29 is 0 Å². The van der Waals surface area contributed by atoms with Crippen LogP contribution in [-0.2, 0) is 0 Å². The Morgan fingerprint density at radius 1 is 1.00 bits per heavy atom. The molecule has 0 saturated carbocycles. The van der Waals surface area contributed by atoms with Crippen LogP contribution < -0.4 is 10.6 Å². The molecule has 0 rings (SSSR count). The summed E-state index contributed by atoms with van der Waals surface area (Å²) in [6.45, 7) is 15.2. The summed E-state index contributed by atoms with van der Waals surface area (Å²) < 4.78 is 0. The quantitative estimate of drug-likeness (QED) is 0.538. The highest BCUT2D eigenvalue weighted by molar-refractivity contribution is 4.90. The number of nitrogens with one attached hydrogen (secondary N) is 2. The molecule has 0 saturated heterocycles. The molecule has 0 aromatic rings. The van der Waals surface area contributed by atoms with Gasteiger partial charge in [-0.15, -0.1) is 0 Å². The van der Waals surface area contributed by atoms with E-state index in [1.54, 1.807) is 0 Å². The molecule has 0 aliphatic heterocycles. The molecule has 0 fully saturated rings. The Hall–Kier alpha value is -0.500. The van der Waals surface area contributed by atoms with Crippen molar-refractivity contribution in [3.05, 3.63) is 12.3 Å². The van der Waals surface area contributed by atoms with Gasteiger partial charge in [0.25, 0.3) is 0 Å². The Morgan fingerprint density at radius 2 is 1.71 bits per heavy atom. The van der Waals surface area contributed by atoms with Gasteiger partial charge in [-0.2, -0.15) is 0 Å². The van der Waals surface area contributed by atoms with Gasteiger partial charge in [-0.1, -0.05) is 34.3 Å². The molecular weight excluding hydrogens is 208 g/mol. The average molecular weight is 240 g/mol. The van der Waals surface area contributed by atoms with Gasteiger partial charge < -0.3 is 10.6 Å². The monoisotopic (exact) mass is 240 g/mol. The summed E-state index contributed by atoms with van der Waals surface area (Å²) in [5.74, 6) is 0.812. The standard InChI is InChI=1S/C15H32N2/c1-13(2)9-8-12-17-15(5)10-6-7-11-16-14(3)4/h13-14,16-17H,5-12H2,1-4H3. The first-order valence-corrected chi connectivity index (χ1v) is 7.17. The fraction of sp³-hybridized carbons (Fsp3) is 0.867. The third-order valence-electron chi connectivity index (χ3n) is 2.79. The summed E-state index contributed by atoms with van der Waals surface area (Å²) in [6.07, 6.45) is 6.15. The topological polar surface area (TPSA) is 24.1 Å². The molecule has 0 aliphatic carbocycles. The van der Waals surface area contributed by atoms with Crippen LogP contribution in [0.3, 0.4) is 0 Å². The number of allylic oxidation sites excluding steroid dienone is 1. The third-order valence-corrected chi connectivity index (χ3v) is 2.79. The Labute approximate surface area is 108 Å². The normalized spacial score (nSPS) is 11.2. The highest BCUT2D eigenvalue weighted by Crippen LogP contribution is 2.05. The lowest BCUT2D eigenvalue weighted by atomic mass is 10.1. The zero-order valence-corrected chi connectivity index (χ0v) is 12.3. The lowest BCUT2D eigenvalue weighted by Gasteiger charge is -2.11. The molecular formula is C15H32N2. The Balaban J connectivity index is 3.23. The first kappa shape index (κ1) is 16.5. The van der Waals surface area contributed by atoms with Crippen LogP contribution in [0.5, 0.6) is 0 Å². The SMILES string of the molecule is C=C(CCCCNC(C)C)NCCCC(C)C. The van der Waals surface area contributed by atoms with Crippen molar-refractivity contribution in [1.82, 2.24) is 10.6 Å². The van der Waals surface area contributed by atoms with Crippen molar-refractivity contribution in [3.63, 3.8) is 0 Å². The smallest absolute Gasteiger partial charge is 0.0143 e. The van der Waals surface area contributed by atoms with Crippen molar-refractivity contribution in [2.75, 3.05) is 13.1 Å². The van der Waals surface area contributed by atoms with Gasteiger partial charge in [-0.3, -0.25) is 0 Å². The predicted molar refractivity (Wildman–Crippen MR) is 78.2 cm³/mol. The third kappa shape index (κ3) is 13.4. The number of hydrogen-bond donors (Lipinski definition) is 2. The minimum atomic E-state index is 0.604. The van der Waals surface area contributed by atoms with E-state index in [4.69, 9.17) is 0 Å². The van der Waals surface area contributed by atoms with Crippen LogP contribution in [-0.4, -0.2) is 19.1 Å². The maximum Gasteiger partial charge on any atom is 0.0143 e. The zero-order valence-electron chi connectivity index (χ0n) is 12.3. The molecule has 0 aromatic heterocycles. The molecule has 0 amide bonds.